The van der Waals surface area contributed by atoms with Gasteiger partial charge in [0.05, 0.1) is 5.41 Å². The van der Waals surface area contributed by atoms with Crippen molar-refractivity contribution in [2.24, 2.45) is 23.2 Å². The molecule has 5 aliphatic carbocycles. The van der Waals surface area contributed by atoms with Crippen LogP contribution in [0.15, 0.2) is 24.3 Å². The van der Waals surface area contributed by atoms with Gasteiger partial charge < -0.3 is 10.6 Å². The van der Waals surface area contributed by atoms with E-state index in [1.54, 1.807) is 0 Å². The second-order valence-electron chi connectivity index (χ2n) is 10.0. The van der Waals surface area contributed by atoms with Gasteiger partial charge in [-0.05, 0) is 93.4 Å². The Bertz CT molecular complexity index is 713. The quantitative estimate of drug-likeness (QED) is 0.780. The molecule has 0 aromatic heterocycles. The van der Waals surface area contributed by atoms with Crippen LogP contribution in [0.4, 0.5) is 5.69 Å². The molecular formula is C24H32N2O2. The van der Waals surface area contributed by atoms with Gasteiger partial charge in [0, 0.05) is 17.3 Å². The third kappa shape index (κ3) is 3.46. The molecule has 0 saturated heterocycles. The van der Waals surface area contributed by atoms with E-state index in [2.05, 4.69) is 10.6 Å². The third-order valence-electron chi connectivity index (χ3n) is 7.87. The maximum atomic E-state index is 13.2. The zero-order valence-corrected chi connectivity index (χ0v) is 16.7. The van der Waals surface area contributed by atoms with Crippen LogP contribution in [-0.4, -0.2) is 17.9 Å². The maximum absolute atomic E-state index is 13.2. The fraction of sp³-hybridized carbons (Fsp3) is 0.667. The summed E-state index contributed by atoms with van der Waals surface area (Å²) in [6, 6.07) is 7.76. The number of hydrogen-bond acceptors (Lipinski definition) is 2. The second kappa shape index (κ2) is 7.20. The molecule has 5 fully saturated rings. The molecule has 0 aliphatic heterocycles. The summed E-state index contributed by atoms with van der Waals surface area (Å²) in [5.41, 5.74) is 1.36. The highest BCUT2D eigenvalue weighted by Crippen LogP contribution is 2.60. The Morgan fingerprint density at radius 3 is 1.96 bits per heavy atom. The Morgan fingerprint density at radius 2 is 1.39 bits per heavy atom. The van der Waals surface area contributed by atoms with E-state index in [0.29, 0.717) is 11.6 Å². The van der Waals surface area contributed by atoms with E-state index in [1.165, 1.54) is 38.5 Å². The molecule has 0 atom stereocenters. The van der Waals surface area contributed by atoms with Gasteiger partial charge in [-0.15, -0.1) is 0 Å². The summed E-state index contributed by atoms with van der Waals surface area (Å²) in [4.78, 5) is 25.6. The van der Waals surface area contributed by atoms with Crippen molar-refractivity contribution in [3.63, 3.8) is 0 Å². The van der Waals surface area contributed by atoms with Crippen LogP contribution in [0.25, 0.3) is 0 Å². The number of benzene rings is 1. The molecule has 4 heteroatoms. The SMILES string of the molecule is O=C(NC1CCCCC1)c1ccc(NC(=O)C23CC4CC(CC(C4)C2)C3)cc1. The van der Waals surface area contributed by atoms with E-state index < -0.39 is 0 Å². The van der Waals surface area contributed by atoms with Crippen molar-refractivity contribution in [2.45, 2.75) is 76.7 Å². The Labute approximate surface area is 167 Å². The fourth-order valence-electron chi connectivity index (χ4n) is 6.87. The molecular weight excluding hydrogens is 348 g/mol. The lowest BCUT2D eigenvalue weighted by Crippen LogP contribution is -2.51. The van der Waals surface area contributed by atoms with Crippen molar-refractivity contribution in [1.82, 2.24) is 5.32 Å². The average Bonchev–Trinajstić information content (AvgIpc) is 2.68. The molecule has 0 heterocycles. The molecule has 2 N–H and O–H groups in total. The van der Waals surface area contributed by atoms with E-state index in [0.717, 1.165) is 55.5 Å². The number of amides is 2. The molecule has 5 saturated carbocycles. The summed E-state index contributed by atoms with van der Waals surface area (Å²) in [7, 11) is 0. The molecule has 4 bridgehead atoms. The molecule has 1 aromatic rings. The summed E-state index contributed by atoms with van der Waals surface area (Å²) >= 11 is 0. The monoisotopic (exact) mass is 380 g/mol. The minimum absolute atomic E-state index is 0.00543. The highest BCUT2D eigenvalue weighted by molar-refractivity contribution is 5.97. The summed E-state index contributed by atoms with van der Waals surface area (Å²) in [6.45, 7) is 0. The number of nitrogens with one attached hydrogen (secondary N) is 2. The van der Waals surface area contributed by atoms with Gasteiger partial charge >= 0.3 is 0 Å². The van der Waals surface area contributed by atoms with Crippen molar-refractivity contribution in [3.8, 4) is 0 Å². The van der Waals surface area contributed by atoms with Crippen LogP contribution in [-0.2, 0) is 4.79 Å². The Kier molecular flexibility index (Phi) is 4.68. The number of anilines is 1. The minimum atomic E-state index is -0.133. The standard InChI is InChI=1S/C24H32N2O2/c27-22(25-20-4-2-1-3-5-20)19-6-8-21(9-7-19)26-23(28)24-13-16-10-17(14-24)12-18(11-16)15-24/h6-9,16-18,20H,1-5,10-15H2,(H,25,27)(H,26,28). The highest BCUT2D eigenvalue weighted by Gasteiger charge is 2.54. The maximum Gasteiger partial charge on any atom is 0.251 e. The van der Waals surface area contributed by atoms with Crippen LogP contribution in [0.2, 0.25) is 0 Å². The lowest BCUT2D eigenvalue weighted by molar-refractivity contribution is -0.140. The van der Waals surface area contributed by atoms with Crippen molar-refractivity contribution in [2.75, 3.05) is 5.32 Å². The summed E-state index contributed by atoms with van der Waals surface area (Å²) in [5, 5.41) is 6.33. The minimum Gasteiger partial charge on any atom is -0.349 e. The van der Waals surface area contributed by atoms with Crippen LogP contribution >= 0.6 is 0 Å². The van der Waals surface area contributed by atoms with Crippen LogP contribution in [0, 0.1) is 23.2 Å². The normalized spacial score (nSPS) is 34.2. The summed E-state index contributed by atoms with van der Waals surface area (Å²) < 4.78 is 0. The van der Waals surface area contributed by atoms with Crippen LogP contribution in [0.1, 0.15) is 81.0 Å². The third-order valence-corrected chi connectivity index (χ3v) is 7.87. The highest BCUT2D eigenvalue weighted by atomic mass is 16.2. The molecule has 0 radical (unpaired) electrons. The zero-order valence-electron chi connectivity index (χ0n) is 16.7. The molecule has 28 heavy (non-hydrogen) atoms. The molecule has 150 valence electrons. The molecule has 1 aromatic carbocycles. The largest absolute Gasteiger partial charge is 0.349 e. The van der Waals surface area contributed by atoms with Gasteiger partial charge in [-0.3, -0.25) is 9.59 Å². The smallest absolute Gasteiger partial charge is 0.251 e. The van der Waals surface area contributed by atoms with Crippen molar-refractivity contribution < 1.29 is 9.59 Å². The number of hydrogen-bond donors (Lipinski definition) is 2. The van der Waals surface area contributed by atoms with Gasteiger partial charge in [0.2, 0.25) is 5.91 Å². The summed E-state index contributed by atoms with van der Waals surface area (Å²) in [5.74, 6) is 2.52. The topological polar surface area (TPSA) is 58.2 Å². The van der Waals surface area contributed by atoms with Crippen LogP contribution in [0.3, 0.4) is 0 Å². The molecule has 0 spiro atoms. The van der Waals surface area contributed by atoms with E-state index in [4.69, 9.17) is 0 Å². The van der Waals surface area contributed by atoms with Crippen molar-refractivity contribution in [3.05, 3.63) is 29.8 Å². The van der Waals surface area contributed by atoms with E-state index in [-0.39, 0.29) is 17.2 Å². The average molecular weight is 381 g/mol. The Balaban J connectivity index is 1.21. The molecule has 4 nitrogen and oxygen atoms in total. The summed E-state index contributed by atoms with van der Waals surface area (Å²) in [6.07, 6.45) is 13.1. The van der Waals surface area contributed by atoms with Crippen molar-refractivity contribution >= 4 is 17.5 Å². The molecule has 0 unspecified atom stereocenters. The van der Waals surface area contributed by atoms with Crippen LogP contribution < -0.4 is 10.6 Å². The first-order valence-electron chi connectivity index (χ1n) is 11.3. The molecule has 6 rings (SSSR count). The van der Waals surface area contributed by atoms with E-state index >= 15 is 0 Å². The first-order valence-corrected chi connectivity index (χ1v) is 11.3. The first kappa shape index (κ1) is 18.2. The lowest BCUT2D eigenvalue weighted by Gasteiger charge is -2.55. The van der Waals surface area contributed by atoms with Gasteiger partial charge in [-0.2, -0.15) is 0 Å². The molecule has 2 amide bonds. The predicted molar refractivity (Wildman–Crippen MR) is 110 cm³/mol. The molecule has 5 aliphatic rings. The number of carbonyl (C=O) groups excluding carboxylic acids is 2. The van der Waals surface area contributed by atoms with E-state index in [9.17, 15) is 9.59 Å². The number of rotatable bonds is 4. The Morgan fingerprint density at radius 1 is 0.821 bits per heavy atom. The van der Waals surface area contributed by atoms with Gasteiger partial charge in [-0.25, -0.2) is 0 Å². The van der Waals surface area contributed by atoms with Crippen LogP contribution in [0.5, 0.6) is 0 Å². The van der Waals surface area contributed by atoms with Gasteiger partial charge in [0.25, 0.3) is 5.91 Å². The fourth-order valence-corrected chi connectivity index (χ4v) is 6.87. The second-order valence-corrected chi connectivity index (χ2v) is 10.0. The predicted octanol–water partition coefficient (Wildman–Crippen LogP) is 4.90. The van der Waals surface area contributed by atoms with Gasteiger partial charge in [-0.1, -0.05) is 19.3 Å². The Hall–Kier alpha value is -1.84. The van der Waals surface area contributed by atoms with Gasteiger partial charge in [0.15, 0.2) is 0 Å². The number of carbonyl (C=O) groups is 2. The van der Waals surface area contributed by atoms with Gasteiger partial charge in [0.1, 0.15) is 0 Å². The van der Waals surface area contributed by atoms with Crippen molar-refractivity contribution in [1.29, 1.82) is 0 Å². The van der Waals surface area contributed by atoms with E-state index in [1.807, 2.05) is 24.3 Å². The lowest BCUT2D eigenvalue weighted by atomic mass is 9.49. The first-order chi connectivity index (χ1) is 13.6. The zero-order chi connectivity index (χ0) is 19.1.